The van der Waals surface area contributed by atoms with Crippen LogP contribution in [0.5, 0.6) is 0 Å². The van der Waals surface area contributed by atoms with Crippen molar-refractivity contribution in [3.05, 3.63) is 0 Å². The number of likely N-dealkylation sites (tertiary alicyclic amines) is 1. The summed E-state index contributed by atoms with van der Waals surface area (Å²) in [5, 5.41) is 0. The molecule has 108 valence electrons. The second-order valence-electron chi connectivity index (χ2n) is 7.52. The lowest BCUT2D eigenvalue weighted by Crippen LogP contribution is -2.41. The molecule has 0 spiro atoms. The van der Waals surface area contributed by atoms with Crippen LogP contribution < -0.4 is 0 Å². The van der Waals surface area contributed by atoms with Crippen molar-refractivity contribution in [3.8, 4) is 0 Å². The summed E-state index contributed by atoms with van der Waals surface area (Å²) in [5.41, 5.74) is 0.900. The minimum Gasteiger partial charge on any atom is -0.304 e. The van der Waals surface area contributed by atoms with Gasteiger partial charge < -0.3 is 4.90 Å². The zero-order chi connectivity index (χ0) is 14.0. The van der Waals surface area contributed by atoms with Gasteiger partial charge in [0, 0.05) is 18.1 Å². The fourth-order valence-corrected chi connectivity index (χ4v) is 2.85. The van der Waals surface area contributed by atoms with Gasteiger partial charge in [-0.15, -0.1) is 0 Å². The molecule has 1 saturated heterocycles. The average Bonchev–Trinajstić information content (AvgIpc) is 2.70. The first kappa shape index (κ1) is 16.0. The van der Waals surface area contributed by atoms with E-state index in [1.165, 1.54) is 38.9 Å². The average molecular weight is 254 g/mol. The quantitative estimate of drug-likeness (QED) is 0.739. The van der Waals surface area contributed by atoms with Crippen molar-refractivity contribution < 1.29 is 0 Å². The van der Waals surface area contributed by atoms with Crippen LogP contribution in [0.4, 0.5) is 0 Å². The molecular formula is C16H34N2. The van der Waals surface area contributed by atoms with E-state index in [9.17, 15) is 0 Å². The van der Waals surface area contributed by atoms with E-state index >= 15 is 0 Å². The molecule has 1 aliphatic rings. The minimum absolute atomic E-state index is 0.334. The summed E-state index contributed by atoms with van der Waals surface area (Å²) in [6, 6.07) is 0.666. The van der Waals surface area contributed by atoms with E-state index in [-0.39, 0.29) is 0 Å². The summed E-state index contributed by atoms with van der Waals surface area (Å²) in [6.07, 6.45) is 4.06. The largest absolute Gasteiger partial charge is 0.304 e. The van der Waals surface area contributed by atoms with Crippen LogP contribution in [0.3, 0.4) is 0 Å². The molecule has 1 aliphatic heterocycles. The molecule has 0 amide bonds. The highest BCUT2D eigenvalue weighted by Crippen LogP contribution is 2.40. The normalized spacial score (nSPS) is 26.5. The fraction of sp³-hybridized carbons (Fsp3) is 1.00. The maximum Gasteiger partial charge on any atom is 0.0125 e. The molecule has 1 unspecified atom stereocenters. The van der Waals surface area contributed by atoms with Crippen molar-refractivity contribution in [2.45, 2.75) is 72.4 Å². The SMILES string of the molecule is CCC1(CCN(C)C(C)C)CCN(C(C)(C)C)C1. The van der Waals surface area contributed by atoms with Crippen LogP contribution in [0, 0.1) is 5.41 Å². The molecule has 1 atom stereocenters. The van der Waals surface area contributed by atoms with Gasteiger partial charge in [-0.05, 0) is 79.4 Å². The third-order valence-corrected chi connectivity index (χ3v) is 5.01. The molecule has 1 fully saturated rings. The van der Waals surface area contributed by atoms with Crippen molar-refractivity contribution in [2.24, 2.45) is 5.41 Å². The minimum atomic E-state index is 0.334. The first-order valence-corrected chi connectivity index (χ1v) is 7.65. The third kappa shape index (κ3) is 3.96. The molecule has 0 aromatic rings. The monoisotopic (exact) mass is 254 g/mol. The van der Waals surface area contributed by atoms with Crippen LogP contribution in [0.2, 0.25) is 0 Å². The van der Waals surface area contributed by atoms with Crippen LogP contribution in [0.1, 0.15) is 60.8 Å². The van der Waals surface area contributed by atoms with E-state index < -0.39 is 0 Å². The number of hydrogen-bond acceptors (Lipinski definition) is 2. The van der Waals surface area contributed by atoms with Gasteiger partial charge in [-0.2, -0.15) is 0 Å². The second-order valence-corrected chi connectivity index (χ2v) is 7.52. The van der Waals surface area contributed by atoms with Gasteiger partial charge in [0.15, 0.2) is 0 Å². The number of rotatable bonds is 5. The van der Waals surface area contributed by atoms with E-state index in [4.69, 9.17) is 0 Å². The zero-order valence-corrected chi connectivity index (χ0v) is 13.7. The van der Waals surface area contributed by atoms with Gasteiger partial charge in [-0.3, -0.25) is 4.90 Å². The molecule has 0 N–H and O–H groups in total. The molecule has 2 nitrogen and oxygen atoms in total. The van der Waals surface area contributed by atoms with E-state index in [1.807, 2.05) is 0 Å². The highest BCUT2D eigenvalue weighted by molar-refractivity contribution is 4.94. The summed E-state index contributed by atoms with van der Waals surface area (Å²) in [7, 11) is 2.25. The standard InChI is InChI=1S/C16H34N2/c1-8-16(9-11-17(7)14(2)3)10-12-18(13-16)15(4,5)6/h14H,8-13H2,1-7H3. The Kier molecular flexibility index (Phi) is 5.25. The number of hydrogen-bond donors (Lipinski definition) is 0. The highest BCUT2D eigenvalue weighted by atomic mass is 15.2. The van der Waals surface area contributed by atoms with Gasteiger partial charge in [0.25, 0.3) is 0 Å². The summed E-state index contributed by atoms with van der Waals surface area (Å²) in [5.74, 6) is 0. The molecule has 1 rings (SSSR count). The number of nitrogens with zero attached hydrogens (tertiary/aromatic N) is 2. The smallest absolute Gasteiger partial charge is 0.0125 e. The van der Waals surface area contributed by atoms with Gasteiger partial charge in [0.1, 0.15) is 0 Å². The molecule has 18 heavy (non-hydrogen) atoms. The predicted octanol–water partition coefficient (Wildman–Crippen LogP) is 3.62. The van der Waals surface area contributed by atoms with Crippen LogP contribution in [0.15, 0.2) is 0 Å². The van der Waals surface area contributed by atoms with E-state index in [2.05, 4.69) is 58.4 Å². The van der Waals surface area contributed by atoms with Crippen molar-refractivity contribution in [2.75, 3.05) is 26.7 Å². The van der Waals surface area contributed by atoms with Gasteiger partial charge >= 0.3 is 0 Å². The maximum absolute atomic E-state index is 2.67. The maximum atomic E-state index is 2.67. The summed E-state index contributed by atoms with van der Waals surface area (Å²) < 4.78 is 0. The summed E-state index contributed by atoms with van der Waals surface area (Å²) in [4.78, 5) is 5.16. The molecule has 0 aromatic heterocycles. The lowest BCUT2D eigenvalue weighted by Gasteiger charge is -2.36. The molecule has 0 saturated carbocycles. The first-order valence-electron chi connectivity index (χ1n) is 7.65. The zero-order valence-electron chi connectivity index (χ0n) is 13.7. The Morgan fingerprint density at radius 3 is 2.28 bits per heavy atom. The van der Waals surface area contributed by atoms with Crippen molar-refractivity contribution >= 4 is 0 Å². The summed E-state index contributed by atoms with van der Waals surface area (Å²) in [6.45, 7) is 17.8. The Bertz CT molecular complexity index is 254. The van der Waals surface area contributed by atoms with Gasteiger partial charge in [-0.25, -0.2) is 0 Å². The molecule has 0 aliphatic carbocycles. The Balaban J connectivity index is 2.56. The molecule has 0 bridgehead atoms. The summed E-state index contributed by atoms with van der Waals surface area (Å²) >= 11 is 0. The van der Waals surface area contributed by atoms with Crippen LogP contribution in [-0.2, 0) is 0 Å². The Hall–Kier alpha value is -0.0800. The van der Waals surface area contributed by atoms with Crippen molar-refractivity contribution in [3.63, 3.8) is 0 Å². The lowest BCUT2D eigenvalue weighted by atomic mass is 9.80. The predicted molar refractivity (Wildman–Crippen MR) is 81.1 cm³/mol. The molecule has 0 radical (unpaired) electrons. The Morgan fingerprint density at radius 1 is 1.28 bits per heavy atom. The lowest BCUT2D eigenvalue weighted by molar-refractivity contribution is 0.131. The van der Waals surface area contributed by atoms with Gasteiger partial charge in [0.05, 0.1) is 0 Å². The molecule has 0 aromatic carbocycles. The van der Waals surface area contributed by atoms with Gasteiger partial charge in [0.2, 0.25) is 0 Å². The first-order chi connectivity index (χ1) is 8.20. The fourth-order valence-electron chi connectivity index (χ4n) is 2.85. The van der Waals surface area contributed by atoms with Crippen LogP contribution in [0.25, 0.3) is 0 Å². The Labute approximate surface area is 115 Å². The Morgan fingerprint density at radius 2 is 1.89 bits per heavy atom. The van der Waals surface area contributed by atoms with E-state index in [0.29, 0.717) is 17.0 Å². The topological polar surface area (TPSA) is 6.48 Å². The molecule has 1 heterocycles. The third-order valence-electron chi connectivity index (χ3n) is 5.01. The molecule has 2 heteroatoms. The second kappa shape index (κ2) is 5.92. The van der Waals surface area contributed by atoms with E-state index in [1.54, 1.807) is 0 Å². The van der Waals surface area contributed by atoms with Gasteiger partial charge in [-0.1, -0.05) is 6.92 Å². The van der Waals surface area contributed by atoms with Crippen molar-refractivity contribution in [1.29, 1.82) is 0 Å². The van der Waals surface area contributed by atoms with Crippen molar-refractivity contribution in [1.82, 2.24) is 9.80 Å². The molecular weight excluding hydrogens is 220 g/mol. The van der Waals surface area contributed by atoms with Crippen LogP contribution in [-0.4, -0.2) is 48.1 Å². The highest BCUT2D eigenvalue weighted by Gasteiger charge is 2.40. The van der Waals surface area contributed by atoms with Crippen LogP contribution >= 0.6 is 0 Å². The van der Waals surface area contributed by atoms with E-state index in [0.717, 1.165) is 0 Å².